The Kier molecular flexibility index (Phi) is 6.18. The highest BCUT2D eigenvalue weighted by molar-refractivity contribution is 6.05. The van der Waals surface area contributed by atoms with Crippen molar-refractivity contribution >= 4 is 17.7 Å². The molecule has 37 heavy (non-hydrogen) atoms. The van der Waals surface area contributed by atoms with Crippen LogP contribution in [0.3, 0.4) is 0 Å². The largest absolute Gasteiger partial charge is 0.489 e. The molecule has 1 N–H and O–H groups in total. The number of aromatic nitrogens is 1. The second kappa shape index (κ2) is 9.78. The smallest absolute Gasteiger partial charge is 0.255 e. The van der Waals surface area contributed by atoms with E-state index in [2.05, 4.69) is 33.4 Å². The second-order valence-electron chi connectivity index (χ2n) is 9.93. The van der Waals surface area contributed by atoms with Crippen LogP contribution in [0.2, 0.25) is 0 Å². The number of amides is 3. The summed E-state index contributed by atoms with van der Waals surface area (Å²) in [4.78, 5) is 45.1. The Balaban J connectivity index is 1.07. The molecule has 3 aromatic rings. The van der Waals surface area contributed by atoms with Gasteiger partial charge in [-0.25, -0.2) is 0 Å². The van der Waals surface area contributed by atoms with Crippen LogP contribution in [-0.4, -0.2) is 57.7 Å². The summed E-state index contributed by atoms with van der Waals surface area (Å²) in [6.07, 6.45) is 5.41. The summed E-state index contributed by atoms with van der Waals surface area (Å²) in [6.45, 7) is 2.91. The summed E-state index contributed by atoms with van der Waals surface area (Å²) < 4.78 is 6.30. The average molecular weight is 497 g/mol. The molecule has 8 heteroatoms. The van der Waals surface area contributed by atoms with Crippen LogP contribution < -0.4 is 10.1 Å². The number of imide groups is 1. The molecule has 0 radical (unpaired) electrons. The number of benzene rings is 2. The van der Waals surface area contributed by atoms with Crippen LogP contribution in [0.1, 0.15) is 40.7 Å². The maximum absolute atomic E-state index is 12.9. The van der Waals surface area contributed by atoms with Gasteiger partial charge in [0.15, 0.2) is 0 Å². The number of carbonyl (C=O) groups is 3. The van der Waals surface area contributed by atoms with Gasteiger partial charge in [-0.2, -0.15) is 0 Å². The molecule has 0 bridgehead atoms. The number of pyridine rings is 1. The first-order valence-corrected chi connectivity index (χ1v) is 12.7. The summed E-state index contributed by atoms with van der Waals surface area (Å²) in [5.41, 5.74) is 4.89. The molecule has 188 valence electrons. The van der Waals surface area contributed by atoms with E-state index >= 15 is 0 Å². The van der Waals surface area contributed by atoms with E-state index in [1.807, 2.05) is 42.7 Å². The fourth-order valence-electron chi connectivity index (χ4n) is 5.47. The number of hydrogen-bond donors (Lipinski definition) is 1. The zero-order valence-corrected chi connectivity index (χ0v) is 20.4. The summed E-state index contributed by atoms with van der Waals surface area (Å²) in [5, 5.41) is 2.34. The molecule has 3 aliphatic heterocycles. The van der Waals surface area contributed by atoms with Gasteiger partial charge in [0.1, 0.15) is 17.9 Å². The molecule has 1 aromatic heterocycles. The highest BCUT2D eigenvalue weighted by Gasteiger charge is 2.39. The van der Waals surface area contributed by atoms with Gasteiger partial charge in [-0.3, -0.25) is 29.6 Å². The standard InChI is InChI=1S/C29H28N4O4/c34-27-9-8-26(28(35)31-27)33-17-22-13-23(6-7-25(22)29(33)36)37-24-10-11-32(18-24)16-19-12-21(15-30-14-19)20-4-2-1-3-5-20/h1-7,12-15,24,26H,8-11,16-18H2,(H,31,34,35)/t24-,26?/m0/s1. The summed E-state index contributed by atoms with van der Waals surface area (Å²) in [7, 11) is 0. The number of likely N-dealkylation sites (tertiary alicyclic amines) is 1. The van der Waals surface area contributed by atoms with E-state index in [4.69, 9.17) is 4.74 Å². The SMILES string of the molecule is O=C1CCC(N2Cc3cc(O[C@H]4CCN(Cc5cncc(-c6ccccc6)c5)C4)ccc3C2=O)C(=O)N1. The molecule has 2 aromatic carbocycles. The Labute approximate surface area is 215 Å². The maximum Gasteiger partial charge on any atom is 0.255 e. The third-order valence-corrected chi connectivity index (χ3v) is 7.34. The number of rotatable bonds is 6. The number of fused-ring (bicyclic) bond motifs is 1. The second-order valence-corrected chi connectivity index (χ2v) is 9.93. The highest BCUT2D eigenvalue weighted by Crippen LogP contribution is 2.31. The van der Waals surface area contributed by atoms with Crippen LogP contribution in [0.5, 0.6) is 5.75 Å². The minimum Gasteiger partial charge on any atom is -0.489 e. The number of hydrogen-bond acceptors (Lipinski definition) is 6. The van der Waals surface area contributed by atoms with Crippen LogP contribution >= 0.6 is 0 Å². The lowest BCUT2D eigenvalue weighted by Crippen LogP contribution is -2.52. The van der Waals surface area contributed by atoms with Crippen molar-refractivity contribution < 1.29 is 19.1 Å². The highest BCUT2D eigenvalue weighted by atomic mass is 16.5. The third-order valence-electron chi connectivity index (χ3n) is 7.34. The van der Waals surface area contributed by atoms with Crippen molar-refractivity contribution in [1.29, 1.82) is 0 Å². The van der Waals surface area contributed by atoms with E-state index < -0.39 is 11.9 Å². The van der Waals surface area contributed by atoms with Crippen LogP contribution in [0.15, 0.2) is 67.0 Å². The minimum atomic E-state index is -0.611. The van der Waals surface area contributed by atoms with Gasteiger partial charge < -0.3 is 9.64 Å². The minimum absolute atomic E-state index is 0.0617. The van der Waals surface area contributed by atoms with Crippen LogP contribution in [0.4, 0.5) is 0 Å². The number of nitrogens with zero attached hydrogens (tertiary/aromatic N) is 3. The van der Waals surface area contributed by atoms with Crippen molar-refractivity contribution in [3.63, 3.8) is 0 Å². The summed E-state index contributed by atoms with van der Waals surface area (Å²) in [6, 6.07) is 17.4. The van der Waals surface area contributed by atoms with Crippen molar-refractivity contribution in [2.45, 2.75) is 44.5 Å². The summed E-state index contributed by atoms with van der Waals surface area (Å²) in [5.74, 6) is -0.123. The Morgan fingerprint density at radius 2 is 1.84 bits per heavy atom. The fourth-order valence-corrected chi connectivity index (χ4v) is 5.47. The van der Waals surface area contributed by atoms with E-state index in [1.54, 1.807) is 11.0 Å². The molecule has 3 amide bonds. The molecule has 0 aliphatic carbocycles. The van der Waals surface area contributed by atoms with E-state index in [0.29, 0.717) is 18.5 Å². The van der Waals surface area contributed by atoms with Gasteiger partial charge >= 0.3 is 0 Å². The quantitative estimate of drug-likeness (QED) is 0.527. The lowest BCUT2D eigenvalue weighted by molar-refractivity contribution is -0.136. The molecule has 2 atom stereocenters. The molecule has 4 heterocycles. The van der Waals surface area contributed by atoms with Crippen LogP contribution in [-0.2, 0) is 22.7 Å². The molecule has 8 nitrogen and oxygen atoms in total. The normalized spacial score (nSPS) is 21.7. The van der Waals surface area contributed by atoms with Gasteiger partial charge in [0.05, 0.1) is 0 Å². The molecule has 2 fully saturated rings. The van der Waals surface area contributed by atoms with Crippen molar-refractivity contribution in [2.24, 2.45) is 0 Å². The fraction of sp³-hybridized carbons (Fsp3) is 0.310. The van der Waals surface area contributed by atoms with Crippen molar-refractivity contribution in [1.82, 2.24) is 20.1 Å². The van der Waals surface area contributed by atoms with E-state index in [-0.39, 0.29) is 24.3 Å². The van der Waals surface area contributed by atoms with E-state index in [0.717, 1.165) is 48.5 Å². The first-order valence-electron chi connectivity index (χ1n) is 12.7. The lowest BCUT2D eigenvalue weighted by Gasteiger charge is -2.29. The first kappa shape index (κ1) is 23.4. The van der Waals surface area contributed by atoms with E-state index in [9.17, 15) is 14.4 Å². The predicted molar refractivity (Wildman–Crippen MR) is 136 cm³/mol. The Bertz CT molecular complexity index is 1360. The third kappa shape index (κ3) is 4.84. The predicted octanol–water partition coefficient (Wildman–Crippen LogP) is 3.16. The first-order chi connectivity index (χ1) is 18.0. The molecule has 0 saturated carbocycles. The van der Waals surface area contributed by atoms with Gasteiger partial charge in [0.25, 0.3) is 5.91 Å². The van der Waals surface area contributed by atoms with Gasteiger partial charge in [0, 0.05) is 56.1 Å². The van der Waals surface area contributed by atoms with Crippen molar-refractivity contribution in [2.75, 3.05) is 13.1 Å². The molecule has 0 spiro atoms. The van der Waals surface area contributed by atoms with Gasteiger partial charge in [-0.05, 0) is 53.8 Å². The molecule has 1 unspecified atom stereocenters. The average Bonchev–Trinajstić information content (AvgIpc) is 3.48. The summed E-state index contributed by atoms with van der Waals surface area (Å²) >= 11 is 0. The molecule has 2 saturated heterocycles. The van der Waals surface area contributed by atoms with Crippen LogP contribution in [0, 0.1) is 0 Å². The van der Waals surface area contributed by atoms with Gasteiger partial charge in [0.2, 0.25) is 11.8 Å². The zero-order chi connectivity index (χ0) is 25.4. The van der Waals surface area contributed by atoms with Gasteiger partial charge in [-0.1, -0.05) is 30.3 Å². The number of nitrogens with one attached hydrogen (secondary N) is 1. The van der Waals surface area contributed by atoms with Crippen molar-refractivity contribution in [3.8, 4) is 16.9 Å². The lowest BCUT2D eigenvalue weighted by atomic mass is 10.0. The Hall–Kier alpha value is -4.04. The zero-order valence-electron chi connectivity index (χ0n) is 20.4. The molecular formula is C29H28N4O4. The topological polar surface area (TPSA) is 91.8 Å². The number of carbonyl (C=O) groups excluding carboxylic acids is 3. The number of ether oxygens (including phenoxy) is 1. The molecule has 3 aliphatic rings. The monoisotopic (exact) mass is 496 g/mol. The van der Waals surface area contributed by atoms with Gasteiger partial charge in [-0.15, -0.1) is 0 Å². The molecule has 6 rings (SSSR count). The number of piperidine rings is 1. The van der Waals surface area contributed by atoms with Crippen LogP contribution in [0.25, 0.3) is 11.1 Å². The van der Waals surface area contributed by atoms with E-state index in [1.165, 1.54) is 5.56 Å². The maximum atomic E-state index is 12.9. The Morgan fingerprint density at radius 3 is 2.68 bits per heavy atom. The Morgan fingerprint density at radius 1 is 0.973 bits per heavy atom. The molecular weight excluding hydrogens is 468 g/mol. The van der Waals surface area contributed by atoms with Crippen molar-refractivity contribution in [3.05, 3.63) is 83.7 Å².